The van der Waals surface area contributed by atoms with Gasteiger partial charge in [0.25, 0.3) is 0 Å². The molecule has 2 aliphatic rings. The van der Waals surface area contributed by atoms with Crippen molar-refractivity contribution in [2.24, 2.45) is 0 Å². The Labute approximate surface area is 191 Å². The van der Waals surface area contributed by atoms with Crippen molar-refractivity contribution < 1.29 is 15.7 Å². The Morgan fingerprint density at radius 1 is 0.906 bits per heavy atom. The van der Waals surface area contributed by atoms with Crippen LogP contribution in [0.4, 0.5) is 5.69 Å². The Morgan fingerprint density at radius 2 is 1.59 bits per heavy atom. The van der Waals surface area contributed by atoms with Gasteiger partial charge in [0.1, 0.15) is 0 Å². The number of nitrogens with one attached hydrogen (secondary N) is 1. The summed E-state index contributed by atoms with van der Waals surface area (Å²) in [6.45, 7) is 8.92. The smallest absolute Gasteiger partial charge is 0.235 e. The number of carbonyl (C=O) groups is 1. The normalized spacial score (nSPS) is 15.7. The lowest BCUT2D eigenvalue weighted by Gasteiger charge is -2.18. The molecule has 3 aromatic rings. The van der Waals surface area contributed by atoms with Gasteiger partial charge in [-0.1, -0.05) is 44.2 Å². The Hall–Kier alpha value is -3.27. The molecule has 1 N–H and O–H groups in total. The van der Waals surface area contributed by atoms with E-state index in [-0.39, 0.29) is 14.1 Å². The first-order chi connectivity index (χ1) is 15.4. The molecule has 0 aromatic heterocycles. The summed E-state index contributed by atoms with van der Waals surface area (Å²) in [4.78, 5) is 13.4. The van der Waals surface area contributed by atoms with Gasteiger partial charge in [0.05, 0.1) is 5.41 Å². The lowest BCUT2D eigenvalue weighted by molar-refractivity contribution is -0.118. The Kier molecular flexibility index (Phi) is 4.96. The van der Waals surface area contributed by atoms with E-state index in [9.17, 15) is 4.79 Å². The lowest BCUT2D eigenvalue weighted by atomic mass is 9.91. The summed E-state index contributed by atoms with van der Waals surface area (Å²) in [6.07, 6.45) is 1.68. The van der Waals surface area contributed by atoms with Crippen LogP contribution in [0.2, 0.25) is 0 Å². The summed E-state index contributed by atoms with van der Waals surface area (Å²) in [5, 5.41) is 3.19. The SMILES string of the molecule is Cc1ccc(NC(=O)C2(c3ccc4c(c3)OCO4)CC2)cc1-c1cc(C(C)C)ccc1C.[HH]. The Balaban J connectivity index is 0.00000259. The standard InChI is InChI=1S/C28H29NO3.H2/c1-17(2)20-7-5-18(3)23(13-20)24-15-22(9-6-19(24)4)29-27(30)28(11-12-28)21-8-10-25-26(14-21)32-16-31-25;/h5-10,13-15,17H,11-12,16H2,1-4H3,(H,29,30);1H. The molecule has 1 aliphatic heterocycles. The average molecular weight is 430 g/mol. The molecule has 1 aliphatic carbocycles. The van der Waals surface area contributed by atoms with Gasteiger partial charge in [0.15, 0.2) is 11.5 Å². The van der Waals surface area contributed by atoms with Gasteiger partial charge >= 0.3 is 0 Å². The Morgan fingerprint density at radius 3 is 2.31 bits per heavy atom. The number of ether oxygens (including phenoxy) is 2. The molecule has 0 bridgehead atoms. The van der Waals surface area contributed by atoms with E-state index in [1.807, 2.05) is 24.3 Å². The average Bonchev–Trinajstić information content (AvgIpc) is 3.46. The summed E-state index contributed by atoms with van der Waals surface area (Å²) in [6, 6.07) is 18.7. The lowest BCUT2D eigenvalue weighted by Crippen LogP contribution is -2.27. The fourth-order valence-corrected chi connectivity index (χ4v) is 4.50. The third kappa shape index (κ3) is 3.54. The van der Waals surface area contributed by atoms with Crippen LogP contribution in [0.15, 0.2) is 54.6 Å². The molecule has 3 aromatic carbocycles. The second-order valence-corrected chi connectivity index (χ2v) is 9.36. The van der Waals surface area contributed by atoms with Crippen molar-refractivity contribution in [1.82, 2.24) is 0 Å². The highest BCUT2D eigenvalue weighted by Crippen LogP contribution is 2.51. The summed E-state index contributed by atoms with van der Waals surface area (Å²) in [5.41, 5.74) is 7.48. The number of benzene rings is 3. The number of hydrogen-bond acceptors (Lipinski definition) is 3. The maximum atomic E-state index is 13.4. The van der Waals surface area contributed by atoms with Crippen LogP contribution < -0.4 is 14.8 Å². The number of aryl methyl sites for hydroxylation is 2. The quantitative estimate of drug-likeness (QED) is 0.489. The van der Waals surface area contributed by atoms with E-state index in [0.717, 1.165) is 41.2 Å². The first-order valence-corrected chi connectivity index (χ1v) is 11.3. The summed E-state index contributed by atoms with van der Waals surface area (Å²) in [7, 11) is 0. The molecule has 5 rings (SSSR count). The van der Waals surface area contributed by atoms with E-state index >= 15 is 0 Å². The molecular formula is C28H31NO3. The van der Waals surface area contributed by atoms with Crippen LogP contribution in [0.3, 0.4) is 0 Å². The number of carbonyl (C=O) groups excluding carboxylic acids is 1. The van der Waals surface area contributed by atoms with Gasteiger partial charge < -0.3 is 14.8 Å². The first kappa shape index (κ1) is 20.6. The Bertz CT molecular complexity index is 1210. The second kappa shape index (κ2) is 7.70. The van der Waals surface area contributed by atoms with E-state index in [1.165, 1.54) is 22.3 Å². The molecule has 0 saturated heterocycles. The molecule has 1 amide bonds. The monoisotopic (exact) mass is 429 g/mol. The van der Waals surface area contributed by atoms with Crippen LogP contribution in [-0.2, 0) is 10.2 Å². The van der Waals surface area contributed by atoms with Crippen molar-refractivity contribution in [3.05, 3.63) is 76.9 Å². The number of hydrogen-bond donors (Lipinski definition) is 1. The summed E-state index contributed by atoms with van der Waals surface area (Å²) < 4.78 is 10.9. The van der Waals surface area contributed by atoms with E-state index in [2.05, 4.69) is 63.3 Å². The zero-order valence-corrected chi connectivity index (χ0v) is 19.1. The molecule has 0 atom stereocenters. The van der Waals surface area contributed by atoms with Crippen LogP contribution in [0, 0.1) is 13.8 Å². The maximum absolute atomic E-state index is 13.4. The molecule has 1 saturated carbocycles. The molecule has 4 nitrogen and oxygen atoms in total. The van der Waals surface area contributed by atoms with E-state index in [0.29, 0.717) is 5.92 Å². The fraction of sp³-hybridized carbons (Fsp3) is 0.321. The van der Waals surface area contributed by atoms with Gasteiger partial charge in [-0.2, -0.15) is 0 Å². The minimum atomic E-state index is -0.487. The predicted octanol–water partition coefficient (Wildman–Crippen LogP) is 6.74. The number of anilines is 1. The zero-order chi connectivity index (χ0) is 22.5. The van der Waals surface area contributed by atoms with E-state index < -0.39 is 5.41 Å². The van der Waals surface area contributed by atoms with Crippen molar-refractivity contribution in [3.8, 4) is 22.6 Å². The molecule has 166 valence electrons. The van der Waals surface area contributed by atoms with Crippen LogP contribution in [0.1, 0.15) is 56.3 Å². The van der Waals surface area contributed by atoms with Crippen LogP contribution in [0.25, 0.3) is 11.1 Å². The van der Waals surface area contributed by atoms with E-state index in [1.54, 1.807) is 0 Å². The van der Waals surface area contributed by atoms with Gasteiger partial charge in [-0.05, 0) is 90.3 Å². The highest BCUT2D eigenvalue weighted by atomic mass is 16.7. The third-order valence-corrected chi connectivity index (χ3v) is 6.82. The predicted molar refractivity (Wildman–Crippen MR) is 130 cm³/mol. The van der Waals surface area contributed by atoms with Gasteiger partial charge in [-0.3, -0.25) is 4.79 Å². The second-order valence-electron chi connectivity index (χ2n) is 9.36. The molecule has 1 fully saturated rings. The zero-order valence-electron chi connectivity index (χ0n) is 19.1. The number of rotatable bonds is 5. The molecule has 0 unspecified atom stereocenters. The minimum absolute atomic E-state index is 0. The molecule has 32 heavy (non-hydrogen) atoms. The van der Waals surface area contributed by atoms with Crippen LogP contribution in [0.5, 0.6) is 11.5 Å². The molecule has 1 heterocycles. The highest BCUT2D eigenvalue weighted by Gasteiger charge is 2.51. The maximum Gasteiger partial charge on any atom is 0.235 e. The number of amides is 1. The third-order valence-electron chi connectivity index (χ3n) is 6.82. The van der Waals surface area contributed by atoms with Crippen molar-refractivity contribution in [1.29, 1.82) is 0 Å². The molecule has 0 radical (unpaired) electrons. The summed E-state index contributed by atoms with van der Waals surface area (Å²) in [5.74, 6) is 1.97. The number of fused-ring (bicyclic) bond motifs is 1. The van der Waals surface area contributed by atoms with Gasteiger partial charge in [0, 0.05) is 7.11 Å². The topological polar surface area (TPSA) is 47.6 Å². The first-order valence-electron chi connectivity index (χ1n) is 11.3. The highest BCUT2D eigenvalue weighted by molar-refractivity contribution is 6.02. The summed E-state index contributed by atoms with van der Waals surface area (Å²) >= 11 is 0. The van der Waals surface area contributed by atoms with E-state index in [4.69, 9.17) is 9.47 Å². The fourth-order valence-electron chi connectivity index (χ4n) is 4.50. The van der Waals surface area contributed by atoms with Crippen molar-refractivity contribution in [3.63, 3.8) is 0 Å². The van der Waals surface area contributed by atoms with Crippen LogP contribution >= 0.6 is 0 Å². The minimum Gasteiger partial charge on any atom is -0.454 e. The van der Waals surface area contributed by atoms with Crippen LogP contribution in [-0.4, -0.2) is 12.7 Å². The molecular weight excluding hydrogens is 398 g/mol. The van der Waals surface area contributed by atoms with Crippen molar-refractivity contribution in [2.45, 2.75) is 51.9 Å². The van der Waals surface area contributed by atoms with Crippen molar-refractivity contribution in [2.75, 3.05) is 12.1 Å². The molecule has 0 spiro atoms. The largest absolute Gasteiger partial charge is 0.454 e. The van der Waals surface area contributed by atoms with Crippen molar-refractivity contribution >= 4 is 11.6 Å². The van der Waals surface area contributed by atoms with Gasteiger partial charge in [-0.15, -0.1) is 0 Å². The molecule has 4 heteroatoms. The van der Waals surface area contributed by atoms with Gasteiger partial charge in [0.2, 0.25) is 12.7 Å². The van der Waals surface area contributed by atoms with Gasteiger partial charge in [-0.25, -0.2) is 0 Å².